The topological polar surface area (TPSA) is 34.2 Å². The molecule has 144 valence electrons. The molecule has 7 heteroatoms. The third-order valence-corrected chi connectivity index (χ3v) is 5.29. The Morgan fingerprint density at radius 2 is 1.70 bits per heavy atom. The minimum atomic E-state index is -0.359. The van der Waals surface area contributed by atoms with Crippen LogP contribution in [0.3, 0.4) is 0 Å². The van der Waals surface area contributed by atoms with Crippen LogP contribution in [0.15, 0.2) is 36.4 Å². The van der Waals surface area contributed by atoms with Crippen LogP contribution in [0, 0.1) is 11.6 Å². The van der Waals surface area contributed by atoms with E-state index in [0.717, 1.165) is 32.5 Å². The van der Waals surface area contributed by atoms with E-state index in [1.54, 1.807) is 18.2 Å². The lowest BCUT2D eigenvalue weighted by Gasteiger charge is -2.32. The fraction of sp³-hybridized carbons (Fsp3) is 0.400. The van der Waals surface area contributed by atoms with E-state index in [-0.39, 0.29) is 35.5 Å². The van der Waals surface area contributed by atoms with Gasteiger partial charge in [-0.25, -0.2) is 8.78 Å². The smallest absolute Gasteiger partial charge is 0.148 e. The highest BCUT2D eigenvalue weighted by molar-refractivity contribution is 6.32. The van der Waals surface area contributed by atoms with E-state index < -0.39 is 0 Å². The molecule has 2 aliphatic rings. The molecule has 1 spiro atoms. The second-order valence-corrected chi connectivity index (χ2v) is 7.25. The number of halogens is 3. The molecule has 2 aliphatic heterocycles. The lowest BCUT2D eigenvalue weighted by atomic mass is 9.97. The van der Waals surface area contributed by atoms with Gasteiger partial charge in [-0.05, 0) is 43.2 Å². The number of epoxide rings is 1. The van der Waals surface area contributed by atoms with Crippen molar-refractivity contribution >= 4 is 17.3 Å². The molecule has 0 aliphatic carbocycles. The van der Waals surface area contributed by atoms with E-state index in [1.807, 2.05) is 4.90 Å². The lowest BCUT2D eigenvalue weighted by Crippen LogP contribution is -2.38. The molecule has 0 saturated carbocycles. The predicted octanol–water partition coefficient (Wildman–Crippen LogP) is 4.45. The zero-order valence-corrected chi connectivity index (χ0v) is 15.5. The van der Waals surface area contributed by atoms with Gasteiger partial charge in [0, 0.05) is 19.2 Å². The van der Waals surface area contributed by atoms with Crippen molar-refractivity contribution in [1.82, 2.24) is 0 Å². The zero-order valence-electron chi connectivity index (χ0n) is 14.7. The molecule has 2 saturated heterocycles. The Morgan fingerprint density at radius 3 is 2.37 bits per heavy atom. The van der Waals surface area contributed by atoms with Crippen molar-refractivity contribution in [3.8, 4) is 11.5 Å². The number of rotatable bonds is 6. The first-order valence-corrected chi connectivity index (χ1v) is 9.32. The average molecular weight is 396 g/mol. The summed E-state index contributed by atoms with van der Waals surface area (Å²) in [6.45, 7) is 2.79. The van der Waals surface area contributed by atoms with Gasteiger partial charge in [-0.3, -0.25) is 0 Å². The van der Waals surface area contributed by atoms with E-state index in [2.05, 4.69) is 0 Å². The fourth-order valence-electron chi connectivity index (χ4n) is 3.26. The van der Waals surface area contributed by atoms with Gasteiger partial charge in [-0.2, -0.15) is 0 Å². The van der Waals surface area contributed by atoms with E-state index >= 15 is 0 Å². The molecule has 2 fully saturated rings. The third kappa shape index (κ3) is 4.28. The van der Waals surface area contributed by atoms with Gasteiger partial charge in [-0.15, -0.1) is 0 Å². The molecule has 2 aromatic carbocycles. The van der Waals surface area contributed by atoms with Gasteiger partial charge >= 0.3 is 0 Å². The Balaban J connectivity index is 1.35. The molecule has 0 amide bonds. The summed E-state index contributed by atoms with van der Waals surface area (Å²) < 4.78 is 43.9. The van der Waals surface area contributed by atoms with Crippen LogP contribution in [-0.4, -0.2) is 38.5 Å². The second-order valence-electron chi connectivity index (χ2n) is 6.84. The summed E-state index contributed by atoms with van der Waals surface area (Å²) in [4.78, 5) is 2.00. The summed E-state index contributed by atoms with van der Waals surface area (Å²) in [6, 6.07) is 8.67. The molecular formula is C20H20ClF2NO3. The first-order chi connectivity index (χ1) is 13.0. The number of benzene rings is 2. The summed E-state index contributed by atoms with van der Waals surface area (Å²) in [7, 11) is 0. The first-order valence-electron chi connectivity index (χ1n) is 8.94. The van der Waals surface area contributed by atoms with Crippen LogP contribution >= 0.6 is 11.6 Å². The van der Waals surface area contributed by atoms with Crippen LogP contribution in [0.2, 0.25) is 5.02 Å². The third-order valence-electron chi connectivity index (χ3n) is 4.99. The minimum absolute atomic E-state index is 0.0381. The molecular weight excluding hydrogens is 376 g/mol. The Kier molecular flexibility index (Phi) is 5.10. The van der Waals surface area contributed by atoms with Crippen molar-refractivity contribution in [2.75, 3.05) is 37.8 Å². The van der Waals surface area contributed by atoms with Crippen LogP contribution in [0.25, 0.3) is 0 Å². The summed E-state index contributed by atoms with van der Waals surface area (Å²) >= 11 is 6.12. The molecule has 2 aromatic rings. The Labute approximate surface area is 161 Å². The number of nitrogens with zero attached hydrogens (tertiary/aromatic N) is 1. The Bertz CT molecular complexity index is 802. The van der Waals surface area contributed by atoms with E-state index in [0.29, 0.717) is 17.2 Å². The maximum absolute atomic E-state index is 14.4. The van der Waals surface area contributed by atoms with Gasteiger partial charge in [0.2, 0.25) is 0 Å². The number of anilines is 1. The van der Waals surface area contributed by atoms with Crippen LogP contribution in [-0.2, 0) is 4.74 Å². The van der Waals surface area contributed by atoms with Gasteiger partial charge < -0.3 is 19.1 Å². The van der Waals surface area contributed by atoms with Crippen molar-refractivity contribution in [3.63, 3.8) is 0 Å². The molecule has 0 radical (unpaired) electrons. The molecule has 0 atom stereocenters. The van der Waals surface area contributed by atoms with Crippen molar-refractivity contribution in [2.24, 2.45) is 0 Å². The van der Waals surface area contributed by atoms with E-state index in [4.69, 9.17) is 25.8 Å². The molecule has 2 heterocycles. The normalized spacial score (nSPS) is 17.8. The molecule has 0 bridgehead atoms. The molecule has 0 aromatic heterocycles. The van der Waals surface area contributed by atoms with Gasteiger partial charge in [-0.1, -0.05) is 11.6 Å². The van der Waals surface area contributed by atoms with Crippen LogP contribution < -0.4 is 14.4 Å². The summed E-state index contributed by atoms with van der Waals surface area (Å²) in [5.41, 5.74) is 0.528. The van der Waals surface area contributed by atoms with Crippen molar-refractivity contribution in [3.05, 3.63) is 53.1 Å². The van der Waals surface area contributed by atoms with Gasteiger partial charge in [0.25, 0.3) is 0 Å². The largest absolute Gasteiger partial charge is 0.490 e. The Morgan fingerprint density at radius 1 is 1.04 bits per heavy atom. The highest BCUT2D eigenvalue weighted by Gasteiger charge is 2.46. The number of piperidine rings is 1. The molecule has 27 heavy (non-hydrogen) atoms. The lowest BCUT2D eigenvalue weighted by molar-refractivity contribution is 0.217. The van der Waals surface area contributed by atoms with Gasteiger partial charge in [0.05, 0.1) is 22.9 Å². The SMILES string of the molecule is Fc1ccc(OCCOc2cc(N3CCC4(CC3)CO4)c(F)cc2Cl)cc1. The highest BCUT2D eigenvalue weighted by atomic mass is 35.5. The number of hydrogen-bond donors (Lipinski definition) is 0. The van der Waals surface area contributed by atoms with Crippen molar-refractivity contribution < 1.29 is 23.0 Å². The van der Waals surface area contributed by atoms with Crippen molar-refractivity contribution in [2.45, 2.75) is 18.4 Å². The van der Waals surface area contributed by atoms with Gasteiger partial charge in [0.15, 0.2) is 0 Å². The number of hydrogen-bond acceptors (Lipinski definition) is 4. The summed E-state index contributed by atoms with van der Waals surface area (Å²) in [5, 5.41) is 0.219. The first kappa shape index (κ1) is 18.3. The maximum Gasteiger partial charge on any atom is 0.148 e. The van der Waals surface area contributed by atoms with Crippen LogP contribution in [0.5, 0.6) is 11.5 Å². The monoisotopic (exact) mass is 395 g/mol. The molecule has 0 unspecified atom stereocenters. The number of ether oxygens (including phenoxy) is 3. The van der Waals surface area contributed by atoms with Crippen LogP contribution in [0.4, 0.5) is 14.5 Å². The highest BCUT2D eigenvalue weighted by Crippen LogP contribution is 2.40. The van der Waals surface area contributed by atoms with E-state index in [9.17, 15) is 8.78 Å². The molecule has 4 rings (SSSR count). The quantitative estimate of drug-likeness (QED) is 0.534. The predicted molar refractivity (Wildman–Crippen MR) is 98.9 cm³/mol. The fourth-order valence-corrected chi connectivity index (χ4v) is 3.46. The summed E-state index contributed by atoms with van der Waals surface area (Å²) in [6.07, 6.45) is 1.80. The van der Waals surface area contributed by atoms with Gasteiger partial charge in [0.1, 0.15) is 36.3 Å². The van der Waals surface area contributed by atoms with Crippen LogP contribution in [0.1, 0.15) is 12.8 Å². The molecule has 4 nitrogen and oxygen atoms in total. The summed E-state index contributed by atoms with van der Waals surface area (Å²) in [5.74, 6) is 0.290. The standard InChI is InChI=1S/C20H20ClF2NO3/c21-16-11-17(23)18(24-7-5-20(6-8-24)13-27-20)12-19(16)26-10-9-25-15-3-1-14(22)2-4-15/h1-4,11-12H,5-10,13H2. The maximum atomic E-state index is 14.4. The van der Waals surface area contributed by atoms with E-state index in [1.165, 1.54) is 18.2 Å². The van der Waals surface area contributed by atoms with Crippen molar-refractivity contribution in [1.29, 1.82) is 0 Å². The minimum Gasteiger partial charge on any atom is -0.490 e. The second kappa shape index (κ2) is 7.52. The molecule has 0 N–H and O–H groups in total. The Hall–Kier alpha value is -2.05. The zero-order chi connectivity index (χ0) is 18.9. The average Bonchev–Trinajstić information content (AvgIpc) is 3.42.